The van der Waals surface area contributed by atoms with Crippen molar-refractivity contribution in [1.29, 1.82) is 0 Å². The molecular weight excluding hydrogens is 355 g/mol. The first-order valence-corrected chi connectivity index (χ1v) is 6.35. The van der Waals surface area contributed by atoms with Crippen LogP contribution >= 0.6 is 24.0 Å². The predicted octanol–water partition coefficient (Wildman–Crippen LogP) is 1.21. The number of amides is 1. The van der Waals surface area contributed by atoms with Crippen LogP contribution in [0.1, 0.15) is 19.8 Å². The van der Waals surface area contributed by atoms with Gasteiger partial charge in [0.05, 0.1) is 0 Å². The Labute approximate surface area is 132 Å². The number of carbonyl (C=O) groups is 1. The minimum absolute atomic E-state index is 0. The lowest BCUT2D eigenvalue weighted by molar-refractivity contribution is -0.127. The van der Waals surface area contributed by atoms with E-state index in [-0.39, 0.29) is 36.4 Å². The van der Waals surface area contributed by atoms with Gasteiger partial charge in [0, 0.05) is 27.2 Å². The second kappa shape index (κ2) is 9.17. The topological polar surface area (TPSA) is 56.7 Å². The summed E-state index contributed by atoms with van der Waals surface area (Å²) in [7, 11) is 3.47. The Morgan fingerprint density at radius 1 is 1.37 bits per heavy atom. The van der Waals surface area contributed by atoms with E-state index in [1.807, 2.05) is 6.92 Å². The highest BCUT2D eigenvalue weighted by Gasteiger charge is 2.21. The predicted molar refractivity (Wildman–Crippen MR) is 90.0 cm³/mol. The molecule has 0 aromatic carbocycles. The molecule has 1 rings (SSSR count). The van der Waals surface area contributed by atoms with Crippen LogP contribution in [0.25, 0.3) is 0 Å². The summed E-state index contributed by atoms with van der Waals surface area (Å²) < 4.78 is 0. The summed E-state index contributed by atoms with van der Waals surface area (Å²) in [6.07, 6.45) is 2.58. The number of nitrogens with zero attached hydrogens (tertiary/aromatic N) is 2. The van der Waals surface area contributed by atoms with Gasteiger partial charge in [-0.1, -0.05) is 12.2 Å². The van der Waals surface area contributed by atoms with E-state index in [9.17, 15) is 4.79 Å². The number of nitrogens with one attached hydrogen (secondary N) is 2. The molecule has 0 spiro atoms. The average Bonchev–Trinajstić information content (AvgIpc) is 3.11. The van der Waals surface area contributed by atoms with Gasteiger partial charge in [0.1, 0.15) is 6.54 Å². The highest BCUT2D eigenvalue weighted by atomic mass is 127. The number of guanidine groups is 1. The van der Waals surface area contributed by atoms with E-state index in [0.717, 1.165) is 18.0 Å². The summed E-state index contributed by atoms with van der Waals surface area (Å²) >= 11 is 0. The van der Waals surface area contributed by atoms with Crippen molar-refractivity contribution >= 4 is 35.8 Å². The van der Waals surface area contributed by atoms with Gasteiger partial charge < -0.3 is 15.5 Å². The van der Waals surface area contributed by atoms with Gasteiger partial charge in [-0.15, -0.1) is 24.0 Å². The number of hydrogen-bond donors (Lipinski definition) is 2. The third-order valence-corrected chi connectivity index (χ3v) is 2.68. The van der Waals surface area contributed by atoms with Crippen LogP contribution in [0, 0.1) is 5.92 Å². The smallest absolute Gasteiger partial charge is 0.243 e. The third-order valence-electron chi connectivity index (χ3n) is 2.68. The average molecular weight is 380 g/mol. The Balaban J connectivity index is 0.00000324. The van der Waals surface area contributed by atoms with Crippen molar-refractivity contribution in [1.82, 2.24) is 15.5 Å². The normalized spacial score (nSPS) is 14.4. The van der Waals surface area contributed by atoms with Crippen LogP contribution in [-0.2, 0) is 4.79 Å². The van der Waals surface area contributed by atoms with Gasteiger partial charge in [-0.25, -0.2) is 4.99 Å². The molecule has 0 radical (unpaired) electrons. The van der Waals surface area contributed by atoms with Crippen LogP contribution in [0.15, 0.2) is 17.1 Å². The maximum absolute atomic E-state index is 11.5. The lowest BCUT2D eigenvalue weighted by atomic mass is 10.3. The molecule has 1 aliphatic carbocycles. The molecule has 19 heavy (non-hydrogen) atoms. The van der Waals surface area contributed by atoms with Crippen molar-refractivity contribution in [2.24, 2.45) is 10.9 Å². The van der Waals surface area contributed by atoms with E-state index in [2.05, 4.69) is 22.2 Å². The zero-order chi connectivity index (χ0) is 13.5. The van der Waals surface area contributed by atoms with Crippen LogP contribution in [0.2, 0.25) is 0 Å². The molecular formula is C13H25IN4O. The minimum atomic E-state index is -0.00199. The van der Waals surface area contributed by atoms with E-state index in [1.54, 1.807) is 19.0 Å². The van der Waals surface area contributed by atoms with E-state index in [1.165, 1.54) is 12.8 Å². The van der Waals surface area contributed by atoms with Crippen molar-refractivity contribution in [3.05, 3.63) is 12.2 Å². The molecule has 0 saturated heterocycles. The van der Waals surface area contributed by atoms with Gasteiger partial charge in [0.2, 0.25) is 5.91 Å². The molecule has 0 bridgehead atoms. The summed E-state index contributed by atoms with van der Waals surface area (Å²) in [5.74, 6) is 1.46. The molecule has 110 valence electrons. The maximum atomic E-state index is 11.5. The Morgan fingerprint density at radius 3 is 2.47 bits per heavy atom. The van der Waals surface area contributed by atoms with Crippen LogP contribution in [0.5, 0.6) is 0 Å². The van der Waals surface area contributed by atoms with Crippen molar-refractivity contribution < 1.29 is 4.79 Å². The molecule has 0 aromatic rings. The summed E-state index contributed by atoms with van der Waals surface area (Å²) in [4.78, 5) is 17.3. The van der Waals surface area contributed by atoms with Crippen molar-refractivity contribution in [2.45, 2.75) is 19.8 Å². The zero-order valence-corrected chi connectivity index (χ0v) is 14.4. The fraction of sp³-hybridized carbons (Fsp3) is 0.692. The molecule has 0 aromatic heterocycles. The van der Waals surface area contributed by atoms with Crippen LogP contribution in [0.4, 0.5) is 0 Å². The summed E-state index contributed by atoms with van der Waals surface area (Å²) in [6.45, 7) is 7.56. The maximum Gasteiger partial charge on any atom is 0.243 e. The standard InChI is InChI=1S/C13H24N4O.HI/c1-10(2)7-14-13(15-8-11-5-6-11)16-9-12(18)17(3)4;/h11H,1,5-9H2,2-4H3,(H2,14,15,16);1H. The first-order chi connectivity index (χ1) is 8.49. The molecule has 2 N–H and O–H groups in total. The van der Waals surface area contributed by atoms with Crippen LogP contribution < -0.4 is 10.6 Å². The SMILES string of the molecule is C=C(C)CNC(=NCC(=O)N(C)C)NCC1CC1.I. The van der Waals surface area contributed by atoms with Gasteiger partial charge in [-0.05, 0) is 25.7 Å². The van der Waals surface area contributed by atoms with E-state index in [4.69, 9.17) is 0 Å². The molecule has 1 aliphatic rings. The van der Waals surface area contributed by atoms with Gasteiger partial charge in [0.15, 0.2) is 5.96 Å². The van der Waals surface area contributed by atoms with Gasteiger partial charge in [0.25, 0.3) is 0 Å². The number of carbonyl (C=O) groups excluding carboxylic acids is 1. The van der Waals surface area contributed by atoms with E-state index in [0.29, 0.717) is 12.5 Å². The number of rotatable bonds is 6. The van der Waals surface area contributed by atoms with Gasteiger partial charge in [-0.2, -0.15) is 0 Å². The first kappa shape index (κ1) is 18.2. The largest absolute Gasteiger partial charge is 0.356 e. The fourth-order valence-corrected chi connectivity index (χ4v) is 1.26. The van der Waals surface area contributed by atoms with Crippen LogP contribution in [0.3, 0.4) is 0 Å². The van der Waals surface area contributed by atoms with Crippen molar-refractivity contribution in [3.63, 3.8) is 0 Å². The quantitative estimate of drug-likeness (QED) is 0.315. The highest BCUT2D eigenvalue weighted by Crippen LogP contribution is 2.27. The Morgan fingerprint density at radius 2 is 2.00 bits per heavy atom. The number of hydrogen-bond acceptors (Lipinski definition) is 2. The first-order valence-electron chi connectivity index (χ1n) is 6.35. The lowest BCUT2D eigenvalue weighted by Gasteiger charge is -2.13. The molecule has 6 heteroatoms. The molecule has 0 heterocycles. The third kappa shape index (κ3) is 8.85. The fourth-order valence-electron chi connectivity index (χ4n) is 1.26. The second-order valence-electron chi connectivity index (χ2n) is 5.09. The molecule has 1 fully saturated rings. The summed E-state index contributed by atoms with van der Waals surface area (Å²) in [5, 5.41) is 6.42. The molecule has 0 atom stereocenters. The Kier molecular flexibility index (Phi) is 8.79. The second-order valence-corrected chi connectivity index (χ2v) is 5.09. The summed E-state index contributed by atoms with van der Waals surface area (Å²) in [5.41, 5.74) is 1.04. The Bertz CT molecular complexity index is 338. The number of aliphatic imine (C=N–C) groups is 1. The molecule has 0 unspecified atom stereocenters. The van der Waals surface area contributed by atoms with Gasteiger partial charge >= 0.3 is 0 Å². The number of likely N-dealkylation sites (N-methyl/N-ethyl adjacent to an activating group) is 1. The van der Waals surface area contributed by atoms with Crippen molar-refractivity contribution in [2.75, 3.05) is 33.7 Å². The highest BCUT2D eigenvalue weighted by molar-refractivity contribution is 14.0. The monoisotopic (exact) mass is 380 g/mol. The van der Waals surface area contributed by atoms with Gasteiger partial charge in [-0.3, -0.25) is 4.79 Å². The molecule has 1 saturated carbocycles. The zero-order valence-electron chi connectivity index (χ0n) is 12.0. The van der Waals surface area contributed by atoms with Crippen molar-refractivity contribution in [3.8, 4) is 0 Å². The van der Waals surface area contributed by atoms with Crippen LogP contribution in [-0.4, -0.2) is 50.5 Å². The minimum Gasteiger partial charge on any atom is -0.356 e. The Hall–Kier alpha value is -0.790. The number of halogens is 1. The lowest BCUT2D eigenvalue weighted by Crippen LogP contribution is -2.40. The molecule has 0 aliphatic heterocycles. The molecule has 1 amide bonds. The summed E-state index contributed by atoms with van der Waals surface area (Å²) in [6, 6.07) is 0. The van der Waals surface area contributed by atoms with E-state index >= 15 is 0 Å². The van der Waals surface area contributed by atoms with E-state index < -0.39 is 0 Å². The molecule has 5 nitrogen and oxygen atoms in total.